The van der Waals surface area contributed by atoms with Gasteiger partial charge in [-0.25, -0.2) is 13.2 Å². The Labute approximate surface area is 227 Å². The van der Waals surface area contributed by atoms with Gasteiger partial charge in [0.15, 0.2) is 0 Å². The van der Waals surface area contributed by atoms with Crippen LogP contribution in [-0.2, 0) is 26.0 Å². The Morgan fingerprint density at radius 2 is 1.51 bits per heavy atom. The highest BCUT2D eigenvalue weighted by molar-refractivity contribution is 7.89. The summed E-state index contributed by atoms with van der Waals surface area (Å²) in [6.45, 7) is 1.99. The fourth-order valence-corrected chi connectivity index (χ4v) is 4.87. The van der Waals surface area contributed by atoms with Crippen LogP contribution in [0.4, 0.5) is 4.79 Å². The van der Waals surface area contributed by atoms with Gasteiger partial charge in [0.25, 0.3) is 10.0 Å². The van der Waals surface area contributed by atoms with Crippen LogP contribution < -0.4 is 5.73 Å². The molecule has 0 radical (unpaired) electrons. The second-order valence-corrected chi connectivity index (χ2v) is 10.6. The molecule has 0 aromatic heterocycles. The fraction of sp³-hybridized carbons (Fsp3) is 0.207. The lowest BCUT2D eigenvalue weighted by atomic mass is 10.1. The summed E-state index contributed by atoms with van der Waals surface area (Å²) >= 11 is 0. The summed E-state index contributed by atoms with van der Waals surface area (Å²) in [7, 11) is -4.48. The van der Waals surface area contributed by atoms with Crippen LogP contribution in [0.2, 0.25) is 0 Å². The van der Waals surface area contributed by atoms with Crippen molar-refractivity contribution in [3.63, 3.8) is 0 Å². The van der Waals surface area contributed by atoms with Gasteiger partial charge in [-0.1, -0.05) is 64.3 Å². The first-order valence-corrected chi connectivity index (χ1v) is 13.6. The lowest BCUT2D eigenvalue weighted by Gasteiger charge is -2.23. The quantitative estimate of drug-likeness (QED) is 0.227. The first-order valence-electron chi connectivity index (χ1n) is 12.1. The van der Waals surface area contributed by atoms with E-state index in [1.807, 2.05) is 61.5 Å². The van der Waals surface area contributed by atoms with Crippen molar-refractivity contribution in [2.75, 3.05) is 6.54 Å². The van der Waals surface area contributed by atoms with Gasteiger partial charge in [-0.3, -0.25) is 14.9 Å². The summed E-state index contributed by atoms with van der Waals surface area (Å²) in [5.74, 6) is 5.24. The predicted octanol–water partition coefficient (Wildman–Crippen LogP) is 3.27. The monoisotopic (exact) mass is 547 g/mol. The summed E-state index contributed by atoms with van der Waals surface area (Å²) in [5, 5.41) is 10.4. The number of sulfonamides is 1. The summed E-state index contributed by atoms with van der Waals surface area (Å²) < 4.78 is 25.8. The van der Waals surface area contributed by atoms with Crippen LogP contribution in [0.3, 0.4) is 0 Å². The Bertz CT molecular complexity index is 1460. The van der Waals surface area contributed by atoms with Gasteiger partial charge in [0, 0.05) is 24.1 Å². The maximum Gasteiger partial charge on any atom is 0.321 e. The van der Waals surface area contributed by atoms with Crippen molar-refractivity contribution >= 4 is 28.2 Å². The number of carbonyl (C=O) groups excluding carboxylic acids is 3. The number of nitrogens with two attached hydrogens (primary N) is 1. The number of nitrogens with zero attached hydrogens (tertiary/aromatic N) is 2. The summed E-state index contributed by atoms with van der Waals surface area (Å²) in [5.41, 5.74) is 8.70. The Balaban J connectivity index is 1.63. The molecule has 3 aromatic carbocycles. The standard InChI is InChI=1S/C29H29N3O6S/c1-22-7-9-24(10-8-22)11-12-25-13-16-27(17-14-25)39(37,38)32(36)26(21-33)15-18-28(34)31(29(30)35)20-19-23-5-3-2-4-6-23/h2-10,13-14,16-17,21,26,36H,15,18-20H2,1H3,(H2,30,35)/t26-/m1/s1. The van der Waals surface area contributed by atoms with E-state index in [1.54, 1.807) is 0 Å². The number of aldehydes is 1. The first-order chi connectivity index (χ1) is 18.6. The van der Waals surface area contributed by atoms with E-state index in [2.05, 4.69) is 11.8 Å². The van der Waals surface area contributed by atoms with Crippen LogP contribution in [0.15, 0.2) is 83.8 Å². The molecule has 0 aliphatic rings. The van der Waals surface area contributed by atoms with Crippen LogP contribution in [0.1, 0.15) is 35.1 Å². The van der Waals surface area contributed by atoms with E-state index in [1.165, 1.54) is 24.3 Å². The van der Waals surface area contributed by atoms with Crippen molar-refractivity contribution in [3.8, 4) is 11.8 Å². The Morgan fingerprint density at radius 1 is 0.949 bits per heavy atom. The van der Waals surface area contributed by atoms with E-state index < -0.39 is 28.0 Å². The minimum absolute atomic E-state index is 0.0181. The number of hydrogen-bond acceptors (Lipinski definition) is 6. The highest BCUT2D eigenvalue weighted by atomic mass is 32.2. The molecule has 3 N–H and O–H groups in total. The first kappa shape index (κ1) is 29.3. The number of hydroxylamine groups is 1. The van der Waals surface area contributed by atoms with Gasteiger partial charge >= 0.3 is 6.03 Å². The van der Waals surface area contributed by atoms with E-state index in [0.29, 0.717) is 12.0 Å². The molecule has 0 saturated heterocycles. The molecule has 3 rings (SSSR count). The number of primary amides is 1. The van der Waals surface area contributed by atoms with E-state index in [-0.39, 0.29) is 35.0 Å². The third-order valence-corrected chi connectivity index (χ3v) is 7.56. The molecule has 10 heteroatoms. The molecule has 1 atom stereocenters. The molecule has 3 aromatic rings. The van der Waals surface area contributed by atoms with Crippen molar-refractivity contribution in [2.24, 2.45) is 5.73 Å². The van der Waals surface area contributed by atoms with Crippen molar-refractivity contribution in [2.45, 2.75) is 37.1 Å². The van der Waals surface area contributed by atoms with Gasteiger partial charge < -0.3 is 10.5 Å². The molecule has 202 valence electrons. The Hall–Kier alpha value is -4.30. The van der Waals surface area contributed by atoms with E-state index in [0.717, 1.165) is 21.6 Å². The smallest absolute Gasteiger partial charge is 0.321 e. The van der Waals surface area contributed by atoms with Gasteiger partial charge in [-0.2, -0.15) is 0 Å². The van der Waals surface area contributed by atoms with Gasteiger partial charge in [0.05, 0.1) is 4.90 Å². The largest absolute Gasteiger partial charge is 0.351 e. The van der Waals surface area contributed by atoms with Crippen molar-refractivity contribution in [3.05, 3.63) is 101 Å². The summed E-state index contributed by atoms with van der Waals surface area (Å²) in [4.78, 5) is 36.7. The molecule has 0 saturated carbocycles. The van der Waals surface area contributed by atoms with Crippen LogP contribution in [0.25, 0.3) is 0 Å². The third kappa shape index (κ3) is 8.09. The number of amides is 3. The normalized spacial score (nSPS) is 11.8. The molecular weight excluding hydrogens is 518 g/mol. The van der Waals surface area contributed by atoms with Gasteiger partial charge in [0.2, 0.25) is 5.91 Å². The Kier molecular flexibility index (Phi) is 10.1. The molecule has 0 aliphatic heterocycles. The van der Waals surface area contributed by atoms with Gasteiger partial charge in [-0.05, 0) is 61.7 Å². The zero-order valence-electron chi connectivity index (χ0n) is 21.4. The molecule has 9 nitrogen and oxygen atoms in total. The number of urea groups is 1. The van der Waals surface area contributed by atoms with Crippen LogP contribution in [0.5, 0.6) is 0 Å². The molecular formula is C29H29N3O6S. The average molecular weight is 548 g/mol. The highest BCUT2D eigenvalue weighted by Crippen LogP contribution is 2.19. The lowest BCUT2D eigenvalue weighted by molar-refractivity contribution is -0.129. The zero-order chi connectivity index (χ0) is 28.4. The molecule has 0 spiro atoms. The highest BCUT2D eigenvalue weighted by Gasteiger charge is 2.31. The lowest BCUT2D eigenvalue weighted by Crippen LogP contribution is -2.43. The average Bonchev–Trinajstić information content (AvgIpc) is 2.93. The number of carbonyl (C=O) groups is 3. The summed E-state index contributed by atoms with van der Waals surface area (Å²) in [6.07, 6.45) is -0.141. The number of hydrogen-bond donors (Lipinski definition) is 2. The number of imide groups is 1. The molecule has 0 aliphatic carbocycles. The number of rotatable bonds is 10. The number of aryl methyl sites for hydroxylation is 1. The molecule has 0 bridgehead atoms. The summed E-state index contributed by atoms with van der Waals surface area (Å²) in [6, 6.07) is 19.8. The minimum Gasteiger partial charge on any atom is -0.351 e. The third-order valence-electron chi connectivity index (χ3n) is 5.93. The predicted molar refractivity (Wildman–Crippen MR) is 145 cm³/mol. The fourth-order valence-electron chi connectivity index (χ4n) is 3.66. The Morgan fingerprint density at radius 3 is 2.05 bits per heavy atom. The van der Waals surface area contributed by atoms with Gasteiger partial charge in [0.1, 0.15) is 12.3 Å². The molecule has 39 heavy (non-hydrogen) atoms. The minimum atomic E-state index is -4.48. The number of benzene rings is 3. The zero-order valence-corrected chi connectivity index (χ0v) is 22.2. The van der Waals surface area contributed by atoms with Crippen LogP contribution in [0, 0.1) is 18.8 Å². The second-order valence-electron chi connectivity index (χ2n) is 8.78. The van der Waals surface area contributed by atoms with Crippen LogP contribution >= 0.6 is 0 Å². The SMILES string of the molecule is Cc1ccc(C#Cc2ccc(S(=O)(=O)N(O)[C@@H](C=O)CCC(=O)N(CCc3ccccc3)C(N)=O)cc2)cc1. The second kappa shape index (κ2) is 13.5. The van der Waals surface area contributed by atoms with E-state index in [9.17, 15) is 28.0 Å². The molecule has 3 amide bonds. The van der Waals surface area contributed by atoms with E-state index >= 15 is 0 Å². The van der Waals surface area contributed by atoms with Crippen LogP contribution in [-0.4, -0.2) is 53.8 Å². The van der Waals surface area contributed by atoms with Crippen molar-refractivity contribution in [1.82, 2.24) is 9.37 Å². The topological polar surface area (TPSA) is 138 Å². The van der Waals surface area contributed by atoms with Crippen molar-refractivity contribution < 1.29 is 28.0 Å². The molecule has 0 heterocycles. The molecule has 0 unspecified atom stereocenters. The van der Waals surface area contributed by atoms with E-state index in [4.69, 9.17) is 5.73 Å². The molecule has 0 fully saturated rings. The maximum absolute atomic E-state index is 12.9. The maximum atomic E-state index is 12.9. The van der Waals surface area contributed by atoms with Crippen molar-refractivity contribution in [1.29, 1.82) is 0 Å². The van der Waals surface area contributed by atoms with Gasteiger partial charge in [-0.15, -0.1) is 0 Å².